The fraction of sp³-hybridized carbons (Fsp3) is 0.562. The summed E-state index contributed by atoms with van der Waals surface area (Å²) < 4.78 is 18.4. The Morgan fingerprint density at radius 1 is 1.26 bits per heavy atom. The number of guanidine groups is 1. The van der Waals surface area contributed by atoms with Crippen molar-refractivity contribution in [3.8, 4) is 0 Å². The second-order valence-corrected chi connectivity index (χ2v) is 5.26. The second-order valence-electron chi connectivity index (χ2n) is 5.26. The number of aliphatic imine (C=N–C) groups is 1. The largest absolute Gasteiger partial charge is 0.379 e. The molecule has 1 aliphatic heterocycles. The van der Waals surface area contributed by atoms with E-state index in [1.165, 1.54) is 6.07 Å². The first-order chi connectivity index (χ1) is 10.8. The van der Waals surface area contributed by atoms with Gasteiger partial charge in [0.05, 0.1) is 13.2 Å². The Hall–Kier alpha value is -0.930. The first-order valence-corrected chi connectivity index (χ1v) is 7.77. The van der Waals surface area contributed by atoms with Crippen molar-refractivity contribution < 1.29 is 9.13 Å². The second kappa shape index (κ2) is 11.6. The molecule has 1 aromatic carbocycles. The molecule has 2 N–H and O–H groups in total. The third-order valence-corrected chi connectivity index (χ3v) is 3.64. The van der Waals surface area contributed by atoms with Crippen LogP contribution in [0.15, 0.2) is 29.3 Å². The molecule has 0 radical (unpaired) electrons. The smallest absolute Gasteiger partial charge is 0.191 e. The van der Waals surface area contributed by atoms with E-state index < -0.39 is 0 Å². The van der Waals surface area contributed by atoms with Gasteiger partial charge in [0, 0.05) is 39.8 Å². The van der Waals surface area contributed by atoms with Gasteiger partial charge in [-0.1, -0.05) is 12.1 Å². The van der Waals surface area contributed by atoms with Crippen LogP contribution in [0.25, 0.3) is 0 Å². The standard InChI is InChI=1S/C16H25FN4O.HI/c1-18-16(20-7-8-21-9-11-22-12-10-21)19-6-5-14-3-2-4-15(17)13-14;/h2-4,13H,5-12H2,1H3,(H2,18,19,20);1H. The fourth-order valence-electron chi connectivity index (χ4n) is 2.40. The number of ether oxygens (including phenoxy) is 1. The van der Waals surface area contributed by atoms with Crippen molar-refractivity contribution in [1.29, 1.82) is 0 Å². The van der Waals surface area contributed by atoms with Gasteiger partial charge in [-0.25, -0.2) is 4.39 Å². The Balaban J connectivity index is 0.00000264. The van der Waals surface area contributed by atoms with Crippen LogP contribution in [-0.4, -0.2) is 63.8 Å². The summed E-state index contributed by atoms with van der Waals surface area (Å²) in [6.45, 7) is 6.18. The van der Waals surface area contributed by atoms with Crippen molar-refractivity contribution in [2.45, 2.75) is 6.42 Å². The van der Waals surface area contributed by atoms with Crippen LogP contribution in [0.4, 0.5) is 4.39 Å². The topological polar surface area (TPSA) is 48.9 Å². The van der Waals surface area contributed by atoms with Gasteiger partial charge in [0.25, 0.3) is 0 Å². The van der Waals surface area contributed by atoms with E-state index in [-0.39, 0.29) is 29.8 Å². The highest BCUT2D eigenvalue weighted by atomic mass is 127. The number of hydrogen-bond acceptors (Lipinski definition) is 3. The fourth-order valence-corrected chi connectivity index (χ4v) is 2.40. The van der Waals surface area contributed by atoms with E-state index in [9.17, 15) is 4.39 Å². The van der Waals surface area contributed by atoms with Crippen LogP contribution in [0.5, 0.6) is 0 Å². The molecule has 0 aromatic heterocycles. The molecule has 130 valence electrons. The molecule has 5 nitrogen and oxygen atoms in total. The molecule has 0 bridgehead atoms. The van der Waals surface area contributed by atoms with Crippen LogP contribution < -0.4 is 10.6 Å². The highest BCUT2D eigenvalue weighted by molar-refractivity contribution is 14.0. The summed E-state index contributed by atoms with van der Waals surface area (Å²) in [6, 6.07) is 6.69. The summed E-state index contributed by atoms with van der Waals surface area (Å²) in [4.78, 5) is 6.57. The molecule has 0 atom stereocenters. The first-order valence-electron chi connectivity index (χ1n) is 7.77. The number of benzene rings is 1. The lowest BCUT2D eigenvalue weighted by atomic mass is 10.1. The highest BCUT2D eigenvalue weighted by Crippen LogP contribution is 2.03. The average Bonchev–Trinajstić information content (AvgIpc) is 2.54. The molecule has 7 heteroatoms. The maximum Gasteiger partial charge on any atom is 0.191 e. The molecule has 0 unspecified atom stereocenters. The lowest BCUT2D eigenvalue weighted by molar-refractivity contribution is 0.0389. The van der Waals surface area contributed by atoms with Crippen molar-refractivity contribution >= 4 is 29.9 Å². The molecule has 1 heterocycles. The number of nitrogens with zero attached hydrogens (tertiary/aromatic N) is 2. The third-order valence-electron chi connectivity index (χ3n) is 3.64. The van der Waals surface area contributed by atoms with Gasteiger partial charge in [-0.2, -0.15) is 0 Å². The zero-order valence-electron chi connectivity index (χ0n) is 13.6. The SMILES string of the molecule is CN=C(NCCc1cccc(F)c1)NCCN1CCOCC1.I. The van der Waals surface area contributed by atoms with Gasteiger partial charge in [-0.05, 0) is 24.1 Å². The molecule has 0 amide bonds. The average molecular weight is 436 g/mol. The van der Waals surface area contributed by atoms with E-state index in [2.05, 4.69) is 20.5 Å². The van der Waals surface area contributed by atoms with Gasteiger partial charge >= 0.3 is 0 Å². The molecule has 23 heavy (non-hydrogen) atoms. The van der Waals surface area contributed by atoms with Gasteiger partial charge in [0.2, 0.25) is 0 Å². The van der Waals surface area contributed by atoms with Crippen molar-refractivity contribution in [3.05, 3.63) is 35.6 Å². The molecule has 1 aromatic rings. The molecule has 1 aliphatic rings. The van der Waals surface area contributed by atoms with Crippen LogP contribution in [0.1, 0.15) is 5.56 Å². The normalized spacial score (nSPS) is 15.8. The van der Waals surface area contributed by atoms with E-state index in [1.807, 2.05) is 6.07 Å². The van der Waals surface area contributed by atoms with Crippen molar-refractivity contribution in [3.63, 3.8) is 0 Å². The number of halogens is 2. The Morgan fingerprint density at radius 3 is 2.70 bits per heavy atom. The van der Waals surface area contributed by atoms with E-state index in [0.717, 1.165) is 63.9 Å². The summed E-state index contributed by atoms with van der Waals surface area (Å²) in [5, 5.41) is 6.55. The number of hydrogen-bond donors (Lipinski definition) is 2. The summed E-state index contributed by atoms with van der Waals surface area (Å²) in [6.07, 6.45) is 0.766. The van der Waals surface area contributed by atoms with Gasteiger partial charge in [-0.15, -0.1) is 24.0 Å². The zero-order valence-corrected chi connectivity index (χ0v) is 15.9. The monoisotopic (exact) mass is 436 g/mol. The van der Waals surface area contributed by atoms with E-state index in [0.29, 0.717) is 0 Å². The predicted octanol–water partition coefficient (Wildman–Crippen LogP) is 1.48. The van der Waals surface area contributed by atoms with E-state index in [4.69, 9.17) is 4.74 Å². The zero-order chi connectivity index (χ0) is 15.6. The number of rotatable bonds is 6. The predicted molar refractivity (Wildman–Crippen MR) is 102 cm³/mol. The lowest BCUT2D eigenvalue weighted by Gasteiger charge is -2.26. The minimum atomic E-state index is -0.189. The third kappa shape index (κ3) is 7.94. The molecule has 1 fully saturated rings. The van der Waals surface area contributed by atoms with Crippen molar-refractivity contribution in [2.75, 3.05) is 53.0 Å². The summed E-state index contributed by atoms with van der Waals surface area (Å²) in [7, 11) is 1.76. The molecular weight excluding hydrogens is 410 g/mol. The quantitative estimate of drug-likeness (QED) is 0.403. The Labute approximate surface area is 154 Å². The minimum absolute atomic E-state index is 0. The van der Waals surface area contributed by atoms with Crippen LogP contribution in [-0.2, 0) is 11.2 Å². The van der Waals surface area contributed by atoms with Crippen LogP contribution >= 0.6 is 24.0 Å². The van der Waals surface area contributed by atoms with Crippen molar-refractivity contribution in [1.82, 2.24) is 15.5 Å². The van der Waals surface area contributed by atoms with Gasteiger partial charge < -0.3 is 15.4 Å². The number of morpholine rings is 1. The van der Waals surface area contributed by atoms with Crippen LogP contribution in [0.2, 0.25) is 0 Å². The summed E-state index contributed by atoms with van der Waals surface area (Å²) in [5.74, 6) is 0.593. The number of nitrogens with one attached hydrogen (secondary N) is 2. The molecule has 1 saturated heterocycles. The van der Waals surface area contributed by atoms with E-state index >= 15 is 0 Å². The summed E-state index contributed by atoms with van der Waals surface area (Å²) in [5.41, 5.74) is 0.983. The molecule has 0 spiro atoms. The van der Waals surface area contributed by atoms with Crippen LogP contribution in [0.3, 0.4) is 0 Å². The Bertz CT molecular complexity index is 481. The lowest BCUT2D eigenvalue weighted by Crippen LogP contribution is -2.44. The Kier molecular flexibility index (Phi) is 10.1. The van der Waals surface area contributed by atoms with Gasteiger partial charge in [0.1, 0.15) is 5.82 Å². The molecule has 2 rings (SSSR count). The molecule has 0 aliphatic carbocycles. The van der Waals surface area contributed by atoms with Gasteiger partial charge in [-0.3, -0.25) is 9.89 Å². The summed E-state index contributed by atoms with van der Waals surface area (Å²) >= 11 is 0. The molecular formula is C16H26FIN4O. The van der Waals surface area contributed by atoms with E-state index in [1.54, 1.807) is 19.2 Å². The first kappa shape index (κ1) is 20.1. The van der Waals surface area contributed by atoms with Crippen LogP contribution in [0, 0.1) is 5.82 Å². The molecule has 0 saturated carbocycles. The van der Waals surface area contributed by atoms with Gasteiger partial charge in [0.15, 0.2) is 5.96 Å². The highest BCUT2D eigenvalue weighted by Gasteiger charge is 2.09. The maximum absolute atomic E-state index is 13.1. The minimum Gasteiger partial charge on any atom is -0.379 e. The maximum atomic E-state index is 13.1. The van der Waals surface area contributed by atoms with Crippen molar-refractivity contribution in [2.24, 2.45) is 4.99 Å². The Morgan fingerprint density at radius 2 is 2.00 bits per heavy atom.